The number of aliphatic hydroxyl groups excluding tert-OH is 1. The van der Waals surface area contributed by atoms with Gasteiger partial charge >= 0.3 is 0 Å². The van der Waals surface area contributed by atoms with Crippen molar-refractivity contribution in [2.75, 3.05) is 11.9 Å². The van der Waals surface area contributed by atoms with Gasteiger partial charge in [-0.3, -0.25) is 4.98 Å². The molecule has 0 radical (unpaired) electrons. The van der Waals surface area contributed by atoms with E-state index >= 15 is 0 Å². The molecule has 4 heteroatoms. The van der Waals surface area contributed by atoms with Gasteiger partial charge in [0, 0.05) is 18.6 Å². The molecular weight excluding hydrogens is 272 g/mol. The van der Waals surface area contributed by atoms with Crippen molar-refractivity contribution in [1.82, 2.24) is 4.98 Å². The summed E-state index contributed by atoms with van der Waals surface area (Å²) in [7, 11) is 2.02. The monoisotopic (exact) mass is 290 g/mol. The van der Waals surface area contributed by atoms with E-state index in [-0.39, 0.29) is 0 Å². The van der Waals surface area contributed by atoms with Crippen LogP contribution in [-0.2, 0) is 6.54 Å². The molecule has 1 aromatic carbocycles. The molecule has 0 fully saturated rings. The summed E-state index contributed by atoms with van der Waals surface area (Å²) in [6, 6.07) is 11.7. The number of rotatable bonds is 5. The minimum Gasteiger partial charge on any atom is -0.387 e. The molecule has 0 aliphatic rings. The standard InChI is InChI=1S/C16H19ClN2O/c1-3-16(20)15-9-8-14(10-18-15)19(2)11-12-4-6-13(17)7-5-12/h4-10,16,20H,3,11H2,1-2H3. The maximum absolute atomic E-state index is 9.73. The highest BCUT2D eigenvalue weighted by atomic mass is 35.5. The first-order chi connectivity index (χ1) is 9.60. The molecule has 1 heterocycles. The van der Waals surface area contributed by atoms with E-state index in [9.17, 15) is 5.11 Å². The van der Waals surface area contributed by atoms with Crippen LogP contribution in [0.25, 0.3) is 0 Å². The fourth-order valence-corrected chi connectivity index (χ4v) is 2.11. The molecular formula is C16H19ClN2O. The summed E-state index contributed by atoms with van der Waals surface area (Å²) < 4.78 is 0. The van der Waals surface area contributed by atoms with Crippen LogP contribution in [0.15, 0.2) is 42.6 Å². The smallest absolute Gasteiger partial charge is 0.0957 e. The number of benzene rings is 1. The Hall–Kier alpha value is -1.58. The fraction of sp³-hybridized carbons (Fsp3) is 0.312. The van der Waals surface area contributed by atoms with Crippen LogP contribution in [0.4, 0.5) is 5.69 Å². The normalized spacial score (nSPS) is 12.2. The number of aromatic nitrogens is 1. The minimum atomic E-state index is -0.481. The van der Waals surface area contributed by atoms with E-state index in [0.717, 1.165) is 22.9 Å². The largest absolute Gasteiger partial charge is 0.387 e. The lowest BCUT2D eigenvalue weighted by atomic mass is 10.1. The molecule has 2 aromatic rings. The van der Waals surface area contributed by atoms with Crippen molar-refractivity contribution in [3.8, 4) is 0 Å². The molecule has 1 aromatic heterocycles. The van der Waals surface area contributed by atoms with Gasteiger partial charge in [-0.15, -0.1) is 0 Å². The second-order valence-corrected chi connectivity index (χ2v) is 5.28. The summed E-state index contributed by atoms with van der Waals surface area (Å²) in [5.74, 6) is 0. The Morgan fingerprint density at radius 2 is 1.90 bits per heavy atom. The summed E-state index contributed by atoms with van der Waals surface area (Å²) in [5, 5.41) is 10.5. The molecule has 0 saturated heterocycles. The third kappa shape index (κ3) is 3.71. The Bertz CT molecular complexity index is 539. The molecule has 1 N–H and O–H groups in total. The van der Waals surface area contributed by atoms with Crippen LogP contribution in [0.2, 0.25) is 5.02 Å². The van der Waals surface area contributed by atoms with Gasteiger partial charge in [0.15, 0.2) is 0 Å². The van der Waals surface area contributed by atoms with Gasteiger partial charge in [-0.25, -0.2) is 0 Å². The molecule has 0 aliphatic carbocycles. The summed E-state index contributed by atoms with van der Waals surface area (Å²) in [6.45, 7) is 2.72. The quantitative estimate of drug-likeness (QED) is 0.909. The van der Waals surface area contributed by atoms with Crippen molar-refractivity contribution < 1.29 is 5.11 Å². The number of aliphatic hydroxyl groups is 1. The molecule has 0 amide bonds. The second kappa shape index (κ2) is 6.73. The molecule has 0 saturated carbocycles. The van der Waals surface area contributed by atoms with Gasteiger partial charge in [0.2, 0.25) is 0 Å². The fourth-order valence-electron chi connectivity index (χ4n) is 1.98. The van der Waals surface area contributed by atoms with Crippen molar-refractivity contribution in [2.24, 2.45) is 0 Å². The highest BCUT2D eigenvalue weighted by molar-refractivity contribution is 6.30. The summed E-state index contributed by atoms with van der Waals surface area (Å²) in [4.78, 5) is 6.42. The molecule has 0 bridgehead atoms. The summed E-state index contributed by atoms with van der Waals surface area (Å²) >= 11 is 5.88. The van der Waals surface area contributed by atoms with Crippen LogP contribution in [0.1, 0.15) is 30.7 Å². The van der Waals surface area contributed by atoms with Crippen LogP contribution in [0.5, 0.6) is 0 Å². The van der Waals surface area contributed by atoms with E-state index < -0.39 is 6.10 Å². The number of hydrogen-bond donors (Lipinski definition) is 1. The predicted octanol–water partition coefficient (Wildman–Crippen LogP) is 3.81. The SMILES string of the molecule is CCC(O)c1ccc(N(C)Cc2ccc(Cl)cc2)cn1. The first-order valence-electron chi connectivity index (χ1n) is 6.69. The third-order valence-electron chi connectivity index (χ3n) is 3.27. The predicted molar refractivity (Wildman–Crippen MR) is 83.0 cm³/mol. The van der Waals surface area contributed by atoms with Gasteiger partial charge in [-0.05, 0) is 36.2 Å². The summed E-state index contributed by atoms with van der Waals surface area (Å²) in [5.41, 5.74) is 2.93. The Balaban J connectivity index is 2.05. The first kappa shape index (κ1) is 14.8. The zero-order chi connectivity index (χ0) is 14.5. The maximum atomic E-state index is 9.73. The number of nitrogens with zero attached hydrogens (tertiary/aromatic N) is 2. The van der Waals surface area contributed by atoms with Gasteiger partial charge in [-0.1, -0.05) is 30.7 Å². The average molecular weight is 291 g/mol. The molecule has 20 heavy (non-hydrogen) atoms. The van der Waals surface area contributed by atoms with Crippen molar-refractivity contribution in [3.05, 3.63) is 58.9 Å². The highest BCUT2D eigenvalue weighted by Gasteiger charge is 2.08. The van der Waals surface area contributed by atoms with E-state index in [1.54, 1.807) is 6.20 Å². The Morgan fingerprint density at radius 3 is 2.45 bits per heavy atom. The minimum absolute atomic E-state index is 0.481. The van der Waals surface area contributed by atoms with Crippen LogP contribution in [-0.4, -0.2) is 17.1 Å². The molecule has 0 spiro atoms. The van der Waals surface area contributed by atoms with Crippen LogP contribution < -0.4 is 4.90 Å². The van der Waals surface area contributed by atoms with Gasteiger partial charge < -0.3 is 10.0 Å². The maximum Gasteiger partial charge on any atom is 0.0957 e. The van der Waals surface area contributed by atoms with Crippen LogP contribution >= 0.6 is 11.6 Å². The van der Waals surface area contributed by atoms with Gasteiger partial charge in [-0.2, -0.15) is 0 Å². The van der Waals surface area contributed by atoms with Crippen LogP contribution in [0.3, 0.4) is 0 Å². The second-order valence-electron chi connectivity index (χ2n) is 4.85. The van der Waals surface area contributed by atoms with Crippen molar-refractivity contribution in [2.45, 2.75) is 26.0 Å². The van der Waals surface area contributed by atoms with Crippen LogP contribution in [0, 0.1) is 0 Å². The molecule has 1 atom stereocenters. The first-order valence-corrected chi connectivity index (χ1v) is 7.07. The lowest BCUT2D eigenvalue weighted by Gasteiger charge is -2.19. The number of pyridine rings is 1. The van der Waals surface area contributed by atoms with E-state index in [0.29, 0.717) is 6.42 Å². The van der Waals surface area contributed by atoms with Crippen molar-refractivity contribution >= 4 is 17.3 Å². The molecule has 3 nitrogen and oxygen atoms in total. The summed E-state index contributed by atoms with van der Waals surface area (Å²) in [6.07, 6.45) is 1.99. The van der Waals surface area contributed by atoms with E-state index in [4.69, 9.17) is 11.6 Å². The molecule has 0 aliphatic heterocycles. The lowest BCUT2D eigenvalue weighted by Crippen LogP contribution is -2.16. The van der Waals surface area contributed by atoms with Gasteiger partial charge in [0.1, 0.15) is 0 Å². The lowest BCUT2D eigenvalue weighted by molar-refractivity contribution is 0.169. The zero-order valence-electron chi connectivity index (χ0n) is 11.8. The van der Waals surface area contributed by atoms with Crippen molar-refractivity contribution in [1.29, 1.82) is 0 Å². The van der Waals surface area contributed by atoms with Gasteiger partial charge in [0.25, 0.3) is 0 Å². The Morgan fingerprint density at radius 1 is 1.20 bits per heavy atom. The Labute approximate surface area is 124 Å². The zero-order valence-corrected chi connectivity index (χ0v) is 12.5. The average Bonchev–Trinajstić information content (AvgIpc) is 2.49. The third-order valence-corrected chi connectivity index (χ3v) is 3.52. The molecule has 106 valence electrons. The van der Waals surface area contributed by atoms with Gasteiger partial charge in [0.05, 0.1) is 23.7 Å². The number of halogens is 1. The van der Waals surface area contributed by atoms with E-state index in [2.05, 4.69) is 9.88 Å². The molecule has 2 rings (SSSR count). The van der Waals surface area contributed by atoms with E-state index in [1.807, 2.05) is 50.4 Å². The Kier molecular flexibility index (Phi) is 4.99. The number of anilines is 1. The number of hydrogen-bond acceptors (Lipinski definition) is 3. The topological polar surface area (TPSA) is 36.4 Å². The van der Waals surface area contributed by atoms with Crippen molar-refractivity contribution in [3.63, 3.8) is 0 Å². The van der Waals surface area contributed by atoms with E-state index in [1.165, 1.54) is 5.56 Å². The molecule has 1 unspecified atom stereocenters. The highest BCUT2D eigenvalue weighted by Crippen LogP contribution is 2.19.